The number of rotatable bonds is 9. The molecule has 46 heavy (non-hydrogen) atoms. The van der Waals surface area contributed by atoms with Gasteiger partial charge in [-0.3, -0.25) is 19.1 Å². The van der Waals surface area contributed by atoms with Crippen molar-refractivity contribution >= 4 is 64.5 Å². The Bertz CT molecular complexity index is 1670. The minimum atomic E-state index is -0.532. The summed E-state index contributed by atoms with van der Waals surface area (Å²) >= 11 is 0. The highest BCUT2D eigenvalue weighted by Gasteiger charge is 2.31. The molecule has 0 unspecified atom stereocenters. The molecule has 18 heteroatoms. The molecule has 2 aromatic heterocycles. The van der Waals surface area contributed by atoms with Gasteiger partial charge in [-0.15, -0.1) is 10.2 Å². The molecular weight excluding hydrogens is 591 g/mol. The van der Waals surface area contributed by atoms with Crippen LogP contribution in [0.15, 0.2) is 30.3 Å². The second-order valence-corrected chi connectivity index (χ2v) is 12.3. The van der Waals surface area contributed by atoms with Crippen LogP contribution in [0.5, 0.6) is 5.75 Å². The second kappa shape index (κ2) is 13.1. The summed E-state index contributed by atoms with van der Waals surface area (Å²) in [7, 11) is 10.1. The van der Waals surface area contributed by atoms with E-state index in [0.29, 0.717) is 60.3 Å². The van der Waals surface area contributed by atoms with E-state index in [9.17, 15) is 19.2 Å². The molecule has 5 rings (SSSR count). The third-order valence-electron chi connectivity index (χ3n) is 7.56. The van der Waals surface area contributed by atoms with Gasteiger partial charge < -0.3 is 35.2 Å². The number of methoxy groups -OCH3 is 2. The lowest BCUT2D eigenvalue weighted by Gasteiger charge is -2.33. The first kappa shape index (κ1) is 32.4. The second-order valence-electron chi connectivity index (χ2n) is 12.3. The molecule has 15 nitrogen and oxygen atoms in total. The van der Waals surface area contributed by atoms with Crippen molar-refractivity contribution in [2.45, 2.75) is 18.1 Å². The Hall–Kier alpha value is -5.02. The van der Waals surface area contributed by atoms with Crippen molar-refractivity contribution in [3.8, 4) is 17.0 Å². The molecule has 2 fully saturated rings. The quantitative estimate of drug-likeness (QED) is 0.243. The molecule has 0 spiro atoms. The largest absolute Gasteiger partial charge is 0.494 e. The zero-order chi connectivity index (χ0) is 33.2. The molecular formula is C28H36B3N9O6. The minimum Gasteiger partial charge on any atom is -0.494 e. The number of ether oxygens (including phenoxy) is 2. The zero-order valence-electron chi connectivity index (χ0n) is 26.8. The highest BCUT2D eigenvalue weighted by molar-refractivity contribution is 6.60. The lowest BCUT2D eigenvalue weighted by molar-refractivity contribution is -0.117. The molecule has 4 amide bonds. The summed E-state index contributed by atoms with van der Waals surface area (Å²) in [5, 5.41) is 21.2. The number of carbonyl (C=O) groups excluding carboxylic acids is 4. The molecule has 0 bridgehead atoms. The predicted octanol–water partition coefficient (Wildman–Crippen LogP) is -1.26. The van der Waals surface area contributed by atoms with E-state index in [4.69, 9.17) is 9.47 Å². The number of aryl methyl sites for hydroxylation is 1. The average Bonchev–Trinajstić information content (AvgIpc) is 3.81. The Morgan fingerprint density at radius 1 is 0.957 bits per heavy atom. The summed E-state index contributed by atoms with van der Waals surface area (Å²) in [4.78, 5) is 54.2. The van der Waals surface area contributed by atoms with Crippen molar-refractivity contribution in [2.75, 3.05) is 51.0 Å². The first-order valence-electron chi connectivity index (χ1n) is 15.0. The summed E-state index contributed by atoms with van der Waals surface area (Å²) < 4.78 is 12.1. The molecule has 1 aliphatic heterocycles. The van der Waals surface area contributed by atoms with Crippen molar-refractivity contribution in [3.63, 3.8) is 0 Å². The van der Waals surface area contributed by atoms with Gasteiger partial charge >= 0.3 is 6.09 Å². The summed E-state index contributed by atoms with van der Waals surface area (Å²) in [5.41, 5.74) is 2.30. The van der Waals surface area contributed by atoms with Gasteiger partial charge in [0.1, 0.15) is 29.2 Å². The van der Waals surface area contributed by atoms with Crippen LogP contribution in [0.3, 0.4) is 0 Å². The molecule has 1 saturated heterocycles. The first-order chi connectivity index (χ1) is 21.9. The standard InChI is InChI=1S/C28H36B3N9O6/c1-38-20(26(43)39-9-11-40(12-10-39)27(44)46-3)13-18(37-38)16-5-4-6-17(23(16)45-2)32-19-14-21(33-24(41)15-7-8-15)35-36-22(19)25(42)34-28(29,30)31/h4-6,13-15H,7-12,29-31H2,1-3H3,(H,34,42)(H2,32,33,35,41). The third kappa shape index (κ3) is 7.27. The smallest absolute Gasteiger partial charge is 0.409 e. The molecule has 238 valence electrons. The van der Waals surface area contributed by atoms with Crippen molar-refractivity contribution in [1.29, 1.82) is 0 Å². The van der Waals surface area contributed by atoms with E-state index < -0.39 is 17.2 Å². The topological polar surface area (TPSA) is 173 Å². The Balaban J connectivity index is 1.43. The van der Waals surface area contributed by atoms with Crippen LogP contribution in [-0.2, 0) is 16.6 Å². The molecule has 0 radical (unpaired) electrons. The number of nitrogens with zero attached hydrogens (tertiary/aromatic N) is 6. The van der Waals surface area contributed by atoms with E-state index in [1.807, 2.05) is 29.6 Å². The fourth-order valence-corrected chi connectivity index (χ4v) is 5.07. The van der Waals surface area contributed by atoms with Crippen molar-refractivity contribution in [2.24, 2.45) is 13.0 Å². The summed E-state index contributed by atoms with van der Waals surface area (Å²) in [6.07, 6.45) is 1.24. The maximum Gasteiger partial charge on any atom is 0.409 e. The number of carbonyl (C=O) groups is 4. The van der Waals surface area contributed by atoms with Crippen molar-refractivity contribution in [3.05, 3.63) is 41.7 Å². The van der Waals surface area contributed by atoms with Gasteiger partial charge in [0.15, 0.2) is 17.3 Å². The minimum absolute atomic E-state index is 0.0322. The monoisotopic (exact) mass is 627 g/mol. The van der Waals surface area contributed by atoms with Crippen molar-refractivity contribution < 1.29 is 28.7 Å². The molecule has 3 aromatic rings. The highest BCUT2D eigenvalue weighted by atomic mass is 16.5. The fraction of sp³-hybridized carbons (Fsp3) is 0.393. The number of piperazine rings is 1. The number of amides is 4. The van der Waals surface area contributed by atoms with E-state index >= 15 is 0 Å². The van der Waals surface area contributed by atoms with Crippen LogP contribution in [0.2, 0.25) is 0 Å². The maximum absolute atomic E-state index is 13.4. The summed E-state index contributed by atoms with van der Waals surface area (Å²) in [6.45, 7) is 1.48. The van der Waals surface area contributed by atoms with Gasteiger partial charge in [0.05, 0.1) is 31.3 Å². The number of para-hydroxylation sites is 1. The number of anilines is 3. The van der Waals surface area contributed by atoms with Crippen LogP contribution in [0.25, 0.3) is 11.3 Å². The van der Waals surface area contributed by atoms with Crippen LogP contribution >= 0.6 is 0 Å². The molecule has 3 heterocycles. The van der Waals surface area contributed by atoms with E-state index in [1.54, 1.807) is 41.1 Å². The van der Waals surface area contributed by atoms with Crippen molar-refractivity contribution in [1.82, 2.24) is 35.1 Å². The van der Waals surface area contributed by atoms with E-state index in [0.717, 1.165) is 12.8 Å². The van der Waals surface area contributed by atoms with Crippen LogP contribution in [0.4, 0.5) is 22.0 Å². The Kier molecular flexibility index (Phi) is 9.26. The highest BCUT2D eigenvalue weighted by Crippen LogP contribution is 2.38. The SMILES string of the molecule is BC(B)(B)NC(=O)c1nnc(NC(=O)C2CC2)cc1Nc1cccc(-c2cc(C(=O)N3CCN(C(=O)OC)CC3)n(C)n2)c1OC. The Labute approximate surface area is 269 Å². The van der Waals surface area contributed by atoms with Gasteiger partial charge in [0.2, 0.25) is 5.91 Å². The Morgan fingerprint density at radius 2 is 1.65 bits per heavy atom. The van der Waals surface area contributed by atoms with E-state index in [-0.39, 0.29) is 29.2 Å². The molecule has 1 aliphatic carbocycles. The lowest BCUT2D eigenvalue weighted by Crippen LogP contribution is -2.50. The predicted molar refractivity (Wildman–Crippen MR) is 178 cm³/mol. The van der Waals surface area contributed by atoms with Crippen LogP contribution in [-0.4, -0.2) is 123 Å². The molecule has 1 aromatic carbocycles. The molecule has 3 N–H and O–H groups in total. The first-order valence-corrected chi connectivity index (χ1v) is 15.0. The average molecular weight is 627 g/mol. The molecule has 2 aliphatic rings. The van der Waals surface area contributed by atoms with Crippen LogP contribution in [0.1, 0.15) is 33.8 Å². The van der Waals surface area contributed by atoms with Gasteiger partial charge in [-0.1, -0.05) is 6.07 Å². The zero-order valence-corrected chi connectivity index (χ0v) is 26.8. The number of benzene rings is 1. The Morgan fingerprint density at radius 3 is 2.28 bits per heavy atom. The number of hydrogen-bond acceptors (Lipinski definition) is 10. The number of aromatic nitrogens is 4. The normalized spacial score (nSPS) is 14.8. The fourth-order valence-electron chi connectivity index (χ4n) is 5.07. The molecule has 1 saturated carbocycles. The van der Waals surface area contributed by atoms with Gasteiger partial charge in [-0.25, -0.2) is 4.79 Å². The van der Waals surface area contributed by atoms with Gasteiger partial charge in [0.25, 0.3) is 11.8 Å². The van der Waals surface area contributed by atoms with Gasteiger partial charge in [-0.05, 0) is 36.3 Å². The number of nitrogens with one attached hydrogen (secondary N) is 3. The van der Waals surface area contributed by atoms with Gasteiger partial charge in [-0.2, -0.15) is 5.10 Å². The third-order valence-corrected chi connectivity index (χ3v) is 7.56. The summed E-state index contributed by atoms with van der Waals surface area (Å²) in [5.74, 6) is -0.220. The summed E-state index contributed by atoms with van der Waals surface area (Å²) in [6, 6.07) is 8.63. The van der Waals surface area contributed by atoms with Gasteiger partial charge in [0, 0.05) is 50.8 Å². The van der Waals surface area contributed by atoms with Crippen LogP contribution < -0.4 is 20.7 Å². The maximum atomic E-state index is 13.4. The van der Waals surface area contributed by atoms with E-state index in [1.165, 1.54) is 18.9 Å². The van der Waals surface area contributed by atoms with Crippen LogP contribution in [0, 0.1) is 5.92 Å². The lowest BCUT2D eigenvalue weighted by atomic mass is 9.49. The number of hydrogen-bond donors (Lipinski definition) is 3. The molecule has 0 atom stereocenters. The van der Waals surface area contributed by atoms with E-state index in [2.05, 4.69) is 31.2 Å².